The van der Waals surface area contributed by atoms with Gasteiger partial charge < -0.3 is 0 Å². The van der Waals surface area contributed by atoms with E-state index in [2.05, 4.69) is 25.5 Å². The van der Waals surface area contributed by atoms with E-state index in [4.69, 9.17) is 0 Å². The summed E-state index contributed by atoms with van der Waals surface area (Å²) in [5, 5.41) is -0.198. The van der Waals surface area contributed by atoms with Gasteiger partial charge in [-0.25, -0.2) is 13.1 Å². The monoisotopic (exact) mass is 233 g/mol. The molecule has 0 aromatic heterocycles. The van der Waals surface area contributed by atoms with E-state index in [1.54, 1.807) is 0 Å². The molecule has 0 aliphatic heterocycles. The third-order valence-electron chi connectivity index (χ3n) is 3.50. The number of rotatable bonds is 2. The zero-order chi connectivity index (χ0) is 11.7. The maximum atomic E-state index is 11.9. The molecule has 0 bridgehead atoms. The number of sulfonamides is 1. The highest BCUT2D eigenvalue weighted by Crippen LogP contribution is 2.40. The lowest BCUT2D eigenvalue weighted by atomic mass is 9.72. The second-order valence-corrected chi connectivity index (χ2v) is 7.65. The molecule has 1 N–H and O–H groups in total. The zero-order valence-corrected chi connectivity index (χ0v) is 11.0. The van der Waals surface area contributed by atoms with Crippen LogP contribution in [0.3, 0.4) is 0 Å². The highest BCUT2D eigenvalue weighted by atomic mass is 32.2. The molecular weight excluding hydrogens is 210 g/mol. The van der Waals surface area contributed by atoms with Gasteiger partial charge in [0.25, 0.3) is 0 Å². The Bertz CT molecular complexity index is 303. The lowest BCUT2D eigenvalue weighted by molar-refractivity contribution is 0.182. The summed E-state index contributed by atoms with van der Waals surface area (Å²) in [5.74, 6) is 0.281. The Balaban J connectivity index is 2.94. The highest BCUT2D eigenvalue weighted by molar-refractivity contribution is 7.90. The topological polar surface area (TPSA) is 46.2 Å². The molecule has 0 aromatic carbocycles. The lowest BCUT2D eigenvalue weighted by Gasteiger charge is -2.39. The van der Waals surface area contributed by atoms with E-state index < -0.39 is 10.0 Å². The van der Waals surface area contributed by atoms with Crippen molar-refractivity contribution < 1.29 is 8.42 Å². The molecule has 4 heteroatoms. The number of hydrogen-bond donors (Lipinski definition) is 1. The standard InChI is InChI=1S/C11H23NO2S/c1-11(2,3)9-7-5-6-8-10(9)15(13,14)12-4/h9-10,12H,5-8H2,1-4H3. The van der Waals surface area contributed by atoms with Crippen LogP contribution in [-0.2, 0) is 10.0 Å². The van der Waals surface area contributed by atoms with Crippen molar-refractivity contribution in [1.29, 1.82) is 0 Å². The Morgan fingerprint density at radius 1 is 1.13 bits per heavy atom. The first-order valence-corrected chi connectivity index (χ1v) is 7.26. The van der Waals surface area contributed by atoms with Gasteiger partial charge in [-0.3, -0.25) is 0 Å². The van der Waals surface area contributed by atoms with Crippen LogP contribution in [0.25, 0.3) is 0 Å². The molecule has 0 spiro atoms. The van der Waals surface area contributed by atoms with Gasteiger partial charge in [-0.15, -0.1) is 0 Å². The van der Waals surface area contributed by atoms with Crippen molar-refractivity contribution in [3.63, 3.8) is 0 Å². The van der Waals surface area contributed by atoms with Crippen molar-refractivity contribution in [2.45, 2.75) is 51.7 Å². The summed E-state index contributed by atoms with van der Waals surface area (Å²) in [6, 6.07) is 0. The molecule has 0 radical (unpaired) electrons. The normalized spacial score (nSPS) is 29.1. The highest BCUT2D eigenvalue weighted by Gasteiger charge is 2.40. The van der Waals surface area contributed by atoms with E-state index in [1.807, 2.05) is 0 Å². The number of hydrogen-bond acceptors (Lipinski definition) is 2. The molecule has 2 atom stereocenters. The average Bonchev–Trinajstić information content (AvgIpc) is 2.16. The van der Waals surface area contributed by atoms with Crippen LogP contribution in [0, 0.1) is 11.3 Å². The Morgan fingerprint density at radius 2 is 1.67 bits per heavy atom. The van der Waals surface area contributed by atoms with Crippen LogP contribution < -0.4 is 4.72 Å². The smallest absolute Gasteiger partial charge is 0.214 e. The van der Waals surface area contributed by atoms with Gasteiger partial charge in [-0.05, 0) is 31.2 Å². The van der Waals surface area contributed by atoms with Crippen molar-refractivity contribution in [2.75, 3.05) is 7.05 Å². The number of nitrogens with one attached hydrogen (secondary N) is 1. The molecule has 1 rings (SSSR count). The maximum absolute atomic E-state index is 11.9. The molecule has 1 aliphatic carbocycles. The van der Waals surface area contributed by atoms with Crippen LogP contribution in [-0.4, -0.2) is 20.7 Å². The van der Waals surface area contributed by atoms with E-state index in [1.165, 1.54) is 7.05 Å². The molecule has 2 unspecified atom stereocenters. The molecule has 0 aromatic rings. The fraction of sp³-hybridized carbons (Fsp3) is 1.00. The Morgan fingerprint density at radius 3 is 2.13 bits per heavy atom. The van der Waals surface area contributed by atoms with Crippen molar-refractivity contribution in [3.8, 4) is 0 Å². The van der Waals surface area contributed by atoms with Crippen LogP contribution in [0.4, 0.5) is 0 Å². The third-order valence-corrected chi connectivity index (χ3v) is 5.43. The second-order valence-electron chi connectivity index (χ2n) is 5.54. The van der Waals surface area contributed by atoms with Crippen molar-refractivity contribution in [2.24, 2.45) is 11.3 Å². The van der Waals surface area contributed by atoms with Gasteiger partial charge in [0.05, 0.1) is 5.25 Å². The maximum Gasteiger partial charge on any atom is 0.214 e. The minimum Gasteiger partial charge on any atom is -0.218 e. The van der Waals surface area contributed by atoms with E-state index in [0.29, 0.717) is 0 Å². The summed E-state index contributed by atoms with van der Waals surface area (Å²) in [4.78, 5) is 0. The molecule has 0 heterocycles. The molecule has 1 aliphatic rings. The summed E-state index contributed by atoms with van der Waals surface area (Å²) < 4.78 is 26.3. The summed E-state index contributed by atoms with van der Waals surface area (Å²) >= 11 is 0. The summed E-state index contributed by atoms with van der Waals surface area (Å²) in [5.41, 5.74) is 0.0784. The van der Waals surface area contributed by atoms with Gasteiger partial charge in [0.1, 0.15) is 0 Å². The van der Waals surface area contributed by atoms with Crippen LogP contribution in [0.2, 0.25) is 0 Å². The van der Waals surface area contributed by atoms with Crippen molar-refractivity contribution in [3.05, 3.63) is 0 Å². The van der Waals surface area contributed by atoms with Crippen LogP contribution in [0.15, 0.2) is 0 Å². The molecule has 0 amide bonds. The van der Waals surface area contributed by atoms with Crippen LogP contribution in [0.5, 0.6) is 0 Å². The van der Waals surface area contributed by atoms with Crippen molar-refractivity contribution >= 4 is 10.0 Å². The fourth-order valence-electron chi connectivity index (χ4n) is 2.61. The van der Waals surface area contributed by atoms with E-state index in [-0.39, 0.29) is 16.6 Å². The third kappa shape index (κ3) is 2.94. The first kappa shape index (κ1) is 13.0. The molecule has 15 heavy (non-hydrogen) atoms. The second kappa shape index (κ2) is 4.42. The minimum atomic E-state index is -3.10. The van der Waals surface area contributed by atoms with E-state index in [9.17, 15) is 8.42 Å². The zero-order valence-electron chi connectivity index (χ0n) is 10.2. The predicted octanol–water partition coefficient (Wildman–Crippen LogP) is 2.14. The van der Waals surface area contributed by atoms with Gasteiger partial charge in [0, 0.05) is 0 Å². The SMILES string of the molecule is CNS(=O)(=O)C1CCCCC1C(C)(C)C. The van der Waals surface area contributed by atoms with Crippen LogP contribution in [0.1, 0.15) is 46.5 Å². The molecule has 1 fully saturated rings. The van der Waals surface area contributed by atoms with E-state index in [0.717, 1.165) is 25.7 Å². The average molecular weight is 233 g/mol. The van der Waals surface area contributed by atoms with Gasteiger partial charge >= 0.3 is 0 Å². The fourth-order valence-corrected chi connectivity index (χ4v) is 4.37. The molecule has 90 valence electrons. The quantitative estimate of drug-likeness (QED) is 0.794. The van der Waals surface area contributed by atoms with Gasteiger partial charge in [-0.1, -0.05) is 33.6 Å². The first-order valence-electron chi connectivity index (χ1n) is 5.71. The predicted molar refractivity (Wildman–Crippen MR) is 63.2 cm³/mol. The van der Waals surface area contributed by atoms with Crippen LogP contribution >= 0.6 is 0 Å². The Hall–Kier alpha value is -0.0900. The van der Waals surface area contributed by atoms with Crippen molar-refractivity contribution in [1.82, 2.24) is 4.72 Å². The van der Waals surface area contributed by atoms with Gasteiger partial charge in [-0.2, -0.15) is 0 Å². The molecule has 0 saturated heterocycles. The Labute approximate surface area is 93.7 Å². The summed E-state index contributed by atoms with van der Waals surface area (Å²) in [6.45, 7) is 6.42. The first-order chi connectivity index (χ1) is 6.79. The van der Waals surface area contributed by atoms with Gasteiger partial charge in [0.2, 0.25) is 10.0 Å². The largest absolute Gasteiger partial charge is 0.218 e. The lowest BCUT2D eigenvalue weighted by Crippen LogP contribution is -2.44. The molecular formula is C11H23NO2S. The Kier molecular flexibility index (Phi) is 3.82. The summed E-state index contributed by atoms with van der Waals surface area (Å²) in [6.07, 6.45) is 4.05. The summed E-state index contributed by atoms with van der Waals surface area (Å²) in [7, 11) is -1.59. The molecule has 1 saturated carbocycles. The minimum absolute atomic E-state index is 0.0784. The van der Waals surface area contributed by atoms with Gasteiger partial charge in [0.15, 0.2) is 0 Å². The van der Waals surface area contributed by atoms with E-state index >= 15 is 0 Å². The molecule has 3 nitrogen and oxygen atoms in total.